The Labute approximate surface area is 133 Å². The molecular weight excluding hydrogens is 304 g/mol. The standard InChI is InChI=1S/C16H15ClN2O3/c1-11-8-13(17)4-7-15(11)22-10-16(21)19-18-9-12-2-5-14(20)6-3-12/h2-9,20H,10H2,1H3,(H,19,21)/b18-9-. The second-order valence-corrected chi connectivity index (χ2v) is 5.02. The maximum atomic E-state index is 11.6. The van der Waals surface area contributed by atoms with E-state index in [9.17, 15) is 4.79 Å². The molecular formula is C16H15ClN2O3. The second-order valence-electron chi connectivity index (χ2n) is 4.58. The van der Waals surface area contributed by atoms with Crippen LogP contribution in [0.15, 0.2) is 47.6 Å². The predicted octanol–water partition coefficient (Wildman–Crippen LogP) is 2.88. The van der Waals surface area contributed by atoms with Crippen LogP contribution in [0.3, 0.4) is 0 Å². The van der Waals surface area contributed by atoms with Crippen molar-refractivity contribution >= 4 is 23.7 Å². The molecule has 0 saturated carbocycles. The fourth-order valence-electron chi connectivity index (χ4n) is 1.69. The first-order chi connectivity index (χ1) is 10.5. The number of aryl methyl sites for hydroxylation is 1. The summed E-state index contributed by atoms with van der Waals surface area (Å²) in [5.41, 5.74) is 3.98. The van der Waals surface area contributed by atoms with Gasteiger partial charge in [-0.1, -0.05) is 11.6 Å². The van der Waals surface area contributed by atoms with E-state index in [4.69, 9.17) is 21.4 Å². The van der Waals surface area contributed by atoms with Crippen LogP contribution in [0.4, 0.5) is 0 Å². The molecule has 2 rings (SSSR count). The molecule has 0 atom stereocenters. The number of aromatic hydroxyl groups is 1. The van der Waals surface area contributed by atoms with Gasteiger partial charge in [-0.3, -0.25) is 4.79 Å². The number of hydrazone groups is 1. The second kappa shape index (κ2) is 7.47. The number of phenols is 1. The molecule has 2 N–H and O–H groups in total. The highest BCUT2D eigenvalue weighted by Gasteiger charge is 2.04. The lowest BCUT2D eigenvalue weighted by atomic mass is 10.2. The Kier molecular flexibility index (Phi) is 5.38. The van der Waals surface area contributed by atoms with Crippen LogP contribution < -0.4 is 10.2 Å². The minimum absolute atomic E-state index is 0.143. The van der Waals surface area contributed by atoms with E-state index >= 15 is 0 Å². The number of nitrogens with one attached hydrogen (secondary N) is 1. The minimum Gasteiger partial charge on any atom is -0.508 e. The highest BCUT2D eigenvalue weighted by molar-refractivity contribution is 6.30. The maximum absolute atomic E-state index is 11.6. The zero-order valence-corrected chi connectivity index (χ0v) is 12.7. The van der Waals surface area contributed by atoms with E-state index in [2.05, 4.69) is 10.5 Å². The molecule has 0 aliphatic carbocycles. The van der Waals surface area contributed by atoms with Gasteiger partial charge < -0.3 is 9.84 Å². The van der Waals surface area contributed by atoms with Gasteiger partial charge in [-0.2, -0.15) is 5.10 Å². The van der Waals surface area contributed by atoms with Crippen molar-refractivity contribution in [3.63, 3.8) is 0 Å². The van der Waals surface area contributed by atoms with E-state index in [1.54, 1.807) is 30.3 Å². The molecule has 2 aromatic carbocycles. The van der Waals surface area contributed by atoms with Crippen LogP contribution in [0.1, 0.15) is 11.1 Å². The average Bonchev–Trinajstić information content (AvgIpc) is 2.48. The van der Waals surface area contributed by atoms with Crippen molar-refractivity contribution in [2.75, 3.05) is 6.61 Å². The number of benzene rings is 2. The third kappa shape index (κ3) is 4.79. The first-order valence-corrected chi connectivity index (χ1v) is 6.92. The fraction of sp³-hybridized carbons (Fsp3) is 0.125. The summed E-state index contributed by atoms with van der Waals surface area (Å²) >= 11 is 5.85. The van der Waals surface area contributed by atoms with Gasteiger partial charge in [-0.05, 0) is 60.5 Å². The Morgan fingerprint density at radius 2 is 2.05 bits per heavy atom. The molecule has 0 aliphatic rings. The molecule has 0 spiro atoms. The van der Waals surface area contributed by atoms with E-state index in [-0.39, 0.29) is 18.3 Å². The Balaban J connectivity index is 1.81. The Morgan fingerprint density at radius 1 is 1.32 bits per heavy atom. The number of carbonyl (C=O) groups excluding carboxylic acids is 1. The molecule has 22 heavy (non-hydrogen) atoms. The van der Waals surface area contributed by atoms with Crippen LogP contribution in [0, 0.1) is 6.92 Å². The number of halogens is 1. The summed E-state index contributed by atoms with van der Waals surface area (Å²) in [5.74, 6) is 0.402. The van der Waals surface area contributed by atoms with Gasteiger partial charge in [0.15, 0.2) is 6.61 Å². The Morgan fingerprint density at radius 3 is 2.73 bits per heavy atom. The number of hydrogen-bond acceptors (Lipinski definition) is 4. The van der Waals surface area contributed by atoms with Crippen LogP contribution in [0.5, 0.6) is 11.5 Å². The van der Waals surface area contributed by atoms with Gasteiger partial charge in [0.05, 0.1) is 6.21 Å². The summed E-state index contributed by atoms with van der Waals surface area (Å²) in [6.07, 6.45) is 1.48. The third-order valence-electron chi connectivity index (χ3n) is 2.79. The number of amides is 1. The van der Waals surface area contributed by atoms with E-state index in [0.29, 0.717) is 10.8 Å². The molecule has 0 saturated heterocycles. The molecule has 0 aliphatic heterocycles. The zero-order chi connectivity index (χ0) is 15.9. The molecule has 0 unspecified atom stereocenters. The monoisotopic (exact) mass is 318 g/mol. The summed E-state index contributed by atoms with van der Waals surface area (Å²) in [7, 11) is 0. The largest absolute Gasteiger partial charge is 0.508 e. The zero-order valence-electron chi connectivity index (χ0n) is 11.9. The van der Waals surface area contributed by atoms with Crippen molar-refractivity contribution in [3.8, 4) is 11.5 Å². The lowest BCUT2D eigenvalue weighted by molar-refractivity contribution is -0.123. The van der Waals surface area contributed by atoms with Crippen molar-refractivity contribution in [2.24, 2.45) is 5.10 Å². The molecule has 2 aromatic rings. The fourth-order valence-corrected chi connectivity index (χ4v) is 1.92. The van der Waals surface area contributed by atoms with Crippen LogP contribution in [0.2, 0.25) is 5.02 Å². The van der Waals surface area contributed by atoms with Crippen molar-refractivity contribution in [2.45, 2.75) is 6.92 Å². The SMILES string of the molecule is Cc1cc(Cl)ccc1OCC(=O)N/N=C\c1ccc(O)cc1. The van der Waals surface area contributed by atoms with E-state index < -0.39 is 0 Å². The predicted molar refractivity (Wildman–Crippen MR) is 85.5 cm³/mol. The number of nitrogens with zero attached hydrogens (tertiary/aromatic N) is 1. The topological polar surface area (TPSA) is 70.9 Å². The third-order valence-corrected chi connectivity index (χ3v) is 3.03. The maximum Gasteiger partial charge on any atom is 0.277 e. The molecule has 0 fully saturated rings. The molecule has 0 radical (unpaired) electrons. The van der Waals surface area contributed by atoms with Gasteiger partial charge in [0.25, 0.3) is 5.91 Å². The van der Waals surface area contributed by atoms with Crippen molar-refractivity contribution in [3.05, 3.63) is 58.6 Å². The van der Waals surface area contributed by atoms with Crippen LogP contribution in [0.25, 0.3) is 0 Å². The Hall–Kier alpha value is -2.53. The van der Waals surface area contributed by atoms with Crippen LogP contribution in [-0.2, 0) is 4.79 Å². The molecule has 0 heterocycles. The van der Waals surface area contributed by atoms with E-state index in [1.165, 1.54) is 18.3 Å². The van der Waals surface area contributed by atoms with Gasteiger partial charge in [0.1, 0.15) is 11.5 Å². The summed E-state index contributed by atoms with van der Waals surface area (Å²) in [6.45, 7) is 1.71. The Bertz CT molecular complexity index is 684. The quantitative estimate of drug-likeness (QED) is 0.658. The number of hydrogen-bond donors (Lipinski definition) is 2. The minimum atomic E-state index is -0.371. The highest BCUT2D eigenvalue weighted by atomic mass is 35.5. The van der Waals surface area contributed by atoms with E-state index in [1.807, 2.05) is 6.92 Å². The lowest BCUT2D eigenvalue weighted by Crippen LogP contribution is -2.24. The lowest BCUT2D eigenvalue weighted by Gasteiger charge is -2.08. The molecule has 6 heteroatoms. The number of phenolic OH excluding ortho intramolecular Hbond substituents is 1. The summed E-state index contributed by atoms with van der Waals surface area (Å²) < 4.78 is 5.39. The first kappa shape index (κ1) is 15.9. The molecule has 114 valence electrons. The van der Waals surface area contributed by atoms with Crippen molar-refractivity contribution in [1.82, 2.24) is 5.43 Å². The first-order valence-electron chi connectivity index (χ1n) is 6.54. The van der Waals surface area contributed by atoms with Crippen LogP contribution >= 0.6 is 11.6 Å². The van der Waals surface area contributed by atoms with Gasteiger partial charge in [-0.25, -0.2) is 5.43 Å². The molecule has 0 bridgehead atoms. The smallest absolute Gasteiger partial charge is 0.277 e. The normalized spacial score (nSPS) is 10.6. The summed E-state index contributed by atoms with van der Waals surface area (Å²) in [4.78, 5) is 11.6. The number of carbonyl (C=O) groups is 1. The average molecular weight is 319 g/mol. The number of ether oxygens (including phenoxy) is 1. The van der Waals surface area contributed by atoms with Gasteiger partial charge in [0.2, 0.25) is 0 Å². The summed E-state index contributed by atoms with van der Waals surface area (Å²) in [6, 6.07) is 11.6. The van der Waals surface area contributed by atoms with Gasteiger partial charge >= 0.3 is 0 Å². The summed E-state index contributed by atoms with van der Waals surface area (Å²) in [5, 5.41) is 13.6. The van der Waals surface area contributed by atoms with Gasteiger partial charge in [-0.15, -0.1) is 0 Å². The molecule has 1 amide bonds. The molecule has 5 nitrogen and oxygen atoms in total. The van der Waals surface area contributed by atoms with Crippen molar-refractivity contribution < 1.29 is 14.6 Å². The highest BCUT2D eigenvalue weighted by Crippen LogP contribution is 2.21. The van der Waals surface area contributed by atoms with Crippen LogP contribution in [-0.4, -0.2) is 23.8 Å². The van der Waals surface area contributed by atoms with Gasteiger partial charge in [0, 0.05) is 5.02 Å². The van der Waals surface area contributed by atoms with E-state index in [0.717, 1.165) is 11.1 Å². The number of rotatable bonds is 5. The van der Waals surface area contributed by atoms with Crippen molar-refractivity contribution in [1.29, 1.82) is 0 Å². The molecule has 0 aromatic heterocycles.